The number of rotatable bonds is 6. The lowest BCUT2D eigenvalue weighted by Crippen LogP contribution is -2.20. The highest BCUT2D eigenvalue weighted by molar-refractivity contribution is 5.68. The fourth-order valence-electron chi connectivity index (χ4n) is 3.52. The zero-order valence-corrected chi connectivity index (χ0v) is 17.5. The molecule has 1 aromatic carbocycles. The second-order valence-electron chi connectivity index (χ2n) is 7.32. The molecule has 11 nitrogen and oxygen atoms in total. The van der Waals surface area contributed by atoms with Gasteiger partial charge in [-0.15, -0.1) is 5.10 Å². The number of ether oxygens (including phenoxy) is 1. The first kappa shape index (κ1) is 20.1. The van der Waals surface area contributed by atoms with Crippen molar-refractivity contribution in [2.45, 2.75) is 19.6 Å². The Hall–Kier alpha value is -4.85. The van der Waals surface area contributed by atoms with Gasteiger partial charge in [-0.1, -0.05) is 12.1 Å². The molecule has 1 atom stereocenters. The Labute approximate surface area is 186 Å². The molecule has 0 amide bonds. The van der Waals surface area contributed by atoms with Gasteiger partial charge in [0.05, 0.1) is 24.1 Å². The number of hydrogen-bond acceptors (Lipinski definition) is 8. The number of nitrogens with one attached hydrogen (secondary N) is 1. The molecule has 5 aromatic rings. The third-order valence-electron chi connectivity index (χ3n) is 4.99. The molecule has 0 saturated heterocycles. The van der Waals surface area contributed by atoms with Gasteiger partial charge in [-0.3, -0.25) is 4.79 Å². The van der Waals surface area contributed by atoms with Crippen LogP contribution in [0.2, 0.25) is 0 Å². The summed E-state index contributed by atoms with van der Waals surface area (Å²) in [5.74, 6) is 0.681. The minimum absolute atomic E-state index is 0.0125. The van der Waals surface area contributed by atoms with E-state index in [1.807, 2.05) is 49.4 Å². The number of pyridine rings is 1. The highest BCUT2D eigenvalue weighted by Gasteiger charge is 2.15. The maximum absolute atomic E-state index is 12.1. The highest BCUT2D eigenvalue weighted by Crippen LogP contribution is 2.25. The van der Waals surface area contributed by atoms with E-state index in [4.69, 9.17) is 9.84 Å². The summed E-state index contributed by atoms with van der Waals surface area (Å²) in [4.78, 5) is 19.4. The van der Waals surface area contributed by atoms with E-state index in [1.54, 1.807) is 15.4 Å². The maximum atomic E-state index is 12.1. The van der Waals surface area contributed by atoms with Gasteiger partial charge in [0, 0.05) is 17.8 Å². The summed E-state index contributed by atoms with van der Waals surface area (Å²) < 4.78 is 9.23. The molecule has 0 radical (unpaired) electrons. The number of nitriles is 1. The van der Waals surface area contributed by atoms with E-state index >= 15 is 0 Å². The fraction of sp³-hybridized carbons (Fsp3) is 0.136. The summed E-state index contributed by atoms with van der Waals surface area (Å²) in [5, 5.41) is 25.2. The number of tetrazole rings is 1. The summed E-state index contributed by atoms with van der Waals surface area (Å²) in [6.07, 6.45) is 4.46. The number of hydrogen-bond donors (Lipinski definition) is 1. The van der Waals surface area contributed by atoms with Crippen LogP contribution in [0.5, 0.6) is 5.75 Å². The molecule has 5 rings (SSSR count). The van der Waals surface area contributed by atoms with Gasteiger partial charge in [-0.05, 0) is 41.6 Å². The SMILES string of the molecule is C[C@@H](Cn1cnnn1)Oc1cccc(-c2ccc3ncc(-c4[nH]ccc(=O)c4C#N)n3n2)c1. The third-order valence-corrected chi connectivity index (χ3v) is 4.99. The molecule has 0 fully saturated rings. The van der Waals surface area contributed by atoms with Gasteiger partial charge in [-0.2, -0.15) is 10.4 Å². The fourth-order valence-corrected chi connectivity index (χ4v) is 3.52. The lowest BCUT2D eigenvalue weighted by molar-refractivity contribution is 0.193. The zero-order valence-electron chi connectivity index (χ0n) is 17.5. The van der Waals surface area contributed by atoms with E-state index in [0.29, 0.717) is 35.0 Å². The van der Waals surface area contributed by atoms with E-state index in [1.165, 1.54) is 18.6 Å². The quantitative estimate of drug-likeness (QED) is 0.424. The van der Waals surface area contributed by atoms with Crippen molar-refractivity contribution in [2.24, 2.45) is 0 Å². The minimum atomic E-state index is -0.363. The van der Waals surface area contributed by atoms with Crippen LogP contribution in [0.1, 0.15) is 12.5 Å². The summed E-state index contributed by atoms with van der Waals surface area (Å²) in [7, 11) is 0. The second-order valence-corrected chi connectivity index (χ2v) is 7.32. The molecule has 162 valence electrons. The second kappa shape index (κ2) is 8.35. The molecular weight excluding hydrogens is 422 g/mol. The maximum Gasteiger partial charge on any atom is 0.200 e. The summed E-state index contributed by atoms with van der Waals surface area (Å²) in [6.45, 7) is 2.44. The van der Waals surface area contributed by atoms with Gasteiger partial charge in [0.15, 0.2) is 11.1 Å². The molecule has 0 spiro atoms. The van der Waals surface area contributed by atoms with Crippen molar-refractivity contribution in [1.82, 2.24) is 39.8 Å². The summed E-state index contributed by atoms with van der Waals surface area (Å²) in [6, 6.07) is 14.5. The number of benzene rings is 1. The van der Waals surface area contributed by atoms with Crippen LogP contribution in [-0.2, 0) is 6.54 Å². The van der Waals surface area contributed by atoms with Gasteiger partial charge >= 0.3 is 0 Å². The molecule has 4 heterocycles. The Morgan fingerprint density at radius 3 is 2.97 bits per heavy atom. The average molecular weight is 439 g/mol. The number of imidazole rings is 1. The largest absolute Gasteiger partial charge is 0.489 e. The monoisotopic (exact) mass is 439 g/mol. The van der Waals surface area contributed by atoms with Crippen LogP contribution in [0, 0.1) is 11.3 Å². The Balaban J connectivity index is 1.48. The molecule has 0 aliphatic rings. The number of H-pyrrole nitrogens is 1. The van der Waals surface area contributed by atoms with Crippen LogP contribution in [0.15, 0.2) is 66.0 Å². The Kier molecular flexibility index (Phi) is 5.08. The van der Waals surface area contributed by atoms with Crippen LogP contribution in [0.3, 0.4) is 0 Å². The van der Waals surface area contributed by atoms with Crippen molar-refractivity contribution in [2.75, 3.05) is 0 Å². The molecule has 11 heteroatoms. The van der Waals surface area contributed by atoms with Crippen molar-refractivity contribution < 1.29 is 4.74 Å². The van der Waals surface area contributed by atoms with Crippen LogP contribution < -0.4 is 10.2 Å². The molecule has 4 aromatic heterocycles. The lowest BCUT2D eigenvalue weighted by atomic mass is 10.1. The number of aromatic nitrogens is 8. The van der Waals surface area contributed by atoms with E-state index in [0.717, 1.165) is 5.56 Å². The molecule has 0 bridgehead atoms. The van der Waals surface area contributed by atoms with Crippen LogP contribution in [0.4, 0.5) is 0 Å². The van der Waals surface area contributed by atoms with Crippen molar-refractivity contribution in [3.63, 3.8) is 0 Å². The number of nitrogens with zero attached hydrogens (tertiary/aromatic N) is 8. The number of aromatic amines is 1. The minimum Gasteiger partial charge on any atom is -0.489 e. The Morgan fingerprint density at radius 1 is 1.24 bits per heavy atom. The predicted molar refractivity (Wildman–Crippen MR) is 117 cm³/mol. The van der Waals surface area contributed by atoms with Gasteiger partial charge < -0.3 is 9.72 Å². The van der Waals surface area contributed by atoms with Gasteiger partial charge in [0.25, 0.3) is 0 Å². The molecule has 0 unspecified atom stereocenters. The zero-order chi connectivity index (χ0) is 22.8. The van der Waals surface area contributed by atoms with E-state index in [9.17, 15) is 10.1 Å². The molecule has 0 aliphatic carbocycles. The van der Waals surface area contributed by atoms with Crippen LogP contribution in [-0.4, -0.2) is 45.9 Å². The average Bonchev–Trinajstić information content (AvgIpc) is 3.48. The van der Waals surface area contributed by atoms with E-state index < -0.39 is 0 Å². The standard InChI is InChI=1S/C22H17N9O2/c1-14(12-30-13-26-28-29-30)33-16-4-2-3-15(9-16)18-5-6-21-25-11-19(31(21)27-18)22-17(10-23)20(32)7-8-24-22/h2-9,11,13-14H,12H2,1H3,(H,24,32)/t14-/m0/s1. The molecular formula is C22H17N9O2. The topological polar surface area (TPSA) is 140 Å². The molecule has 1 N–H and O–H groups in total. The number of fused-ring (bicyclic) bond motifs is 1. The van der Waals surface area contributed by atoms with E-state index in [2.05, 4.69) is 25.5 Å². The van der Waals surface area contributed by atoms with Gasteiger partial charge in [-0.25, -0.2) is 14.2 Å². The summed E-state index contributed by atoms with van der Waals surface area (Å²) >= 11 is 0. The van der Waals surface area contributed by atoms with E-state index in [-0.39, 0.29) is 17.1 Å². The van der Waals surface area contributed by atoms with Crippen molar-refractivity contribution >= 4 is 5.65 Å². The Bertz CT molecular complexity index is 1530. The highest BCUT2D eigenvalue weighted by atomic mass is 16.5. The smallest absolute Gasteiger partial charge is 0.200 e. The van der Waals surface area contributed by atoms with Gasteiger partial charge in [0.2, 0.25) is 0 Å². The first-order chi connectivity index (χ1) is 16.1. The predicted octanol–water partition coefficient (Wildman–Crippen LogP) is 2.08. The van der Waals surface area contributed by atoms with Crippen LogP contribution in [0.25, 0.3) is 28.3 Å². The Morgan fingerprint density at radius 2 is 2.15 bits per heavy atom. The van der Waals surface area contributed by atoms with Crippen LogP contribution >= 0.6 is 0 Å². The molecule has 0 aliphatic heterocycles. The summed E-state index contributed by atoms with van der Waals surface area (Å²) in [5.41, 5.74) is 2.64. The lowest BCUT2D eigenvalue weighted by Gasteiger charge is -2.15. The van der Waals surface area contributed by atoms with Crippen molar-refractivity contribution in [3.05, 3.63) is 77.0 Å². The first-order valence-electron chi connectivity index (χ1n) is 10.1. The van der Waals surface area contributed by atoms with Crippen molar-refractivity contribution in [1.29, 1.82) is 5.26 Å². The molecule has 0 saturated carbocycles. The molecule has 33 heavy (non-hydrogen) atoms. The third kappa shape index (κ3) is 3.92. The van der Waals surface area contributed by atoms with Crippen molar-refractivity contribution in [3.8, 4) is 34.5 Å². The van der Waals surface area contributed by atoms with Gasteiger partial charge in [0.1, 0.15) is 35.5 Å². The first-order valence-corrected chi connectivity index (χ1v) is 10.1. The normalized spacial score (nSPS) is 11.9.